The number of nitrogens with one attached hydrogen (secondary N) is 1. The summed E-state index contributed by atoms with van der Waals surface area (Å²) in [6.45, 7) is 5.43. The van der Waals surface area contributed by atoms with Crippen molar-refractivity contribution in [3.8, 4) is 0 Å². The Hall–Kier alpha value is -0.970. The maximum Gasteiger partial charge on any atom is 0.321 e. The fourth-order valence-electron chi connectivity index (χ4n) is 3.27. The first kappa shape index (κ1) is 19.4. The third kappa shape index (κ3) is 5.27. The third-order valence-corrected chi connectivity index (χ3v) is 5.35. The van der Waals surface area contributed by atoms with Crippen LogP contribution in [-0.2, 0) is 0 Å². The largest absolute Gasteiger partial charge is 0.390 e. The predicted molar refractivity (Wildman–Crippen MR) is 99.9 cm³/mol. The van der Waals surface area contributed by atoms with Crippen LogP contribution in [0.5, 0.6) is 0 Å². The topological polar surface area (TPSA) is 52.6 Å². The molecule has 0 bridgehead atoms. The molecule has 1 aromatic carbocycles. The average Bonchev–Trinajstić information content (AvgIpc) is 2.52. The second-order valence-corrected chi connectivity index (χ2v) is 7.56. The fourth-order valence-corrected chi connectivity index (χ4v) is 3.80. The molecule has 1 heterocycles. The van der Waals surface area contributed by atoms with Gasteiger partial charge in [0, 0.05) is 28.8 Å². The maximum absolute atomic E-state index is 12.4. The van der Waals surface area contributed by atoms with Crippen molar-refractivity contribution < 1.29 is 9.90 Å². The third-order valence-electron chi connectivity index (χ3n) is 4.92. The first-order chi connectivity index (χ1) is 11.3. The number of benzene rings is 1. The van der Waals surface area contributed by atoms with Crippen LogP contribution < -0.4 is 5.32 Å². The van der Waals surface area contributed by atoms with Gasteiger partial charge >= 0.3 is 6.03 Å². The lowest BCUT2D eigenvalue weighted by Gasteiger charge is -2.39. The van der Waals surface area contributed by atoms with Crippen molar-refractivity contribution in [1.82, 2.24) is 4.90 Å². The van der Waals surface area contributed by atoms with E-state index in [2.05, 4.69) is 19.2 Å². The van der Waals surface area contributed by atoms with Crippen LogP contribution in [0.25, 0.3) is 0 Å². The van der Waals surface area contributed by atoms with Gasteiger partial charge in [-0.05, 0) is 43.4 Å². The van der Waals surface area contributed by atoms with E-state index in [1.54, 1.807) is 23.1 Å². The number of hydrogen-bond acceptors (Lipinski definition) is 2. The van der Waals surface area contributed by atoms with Gasteiger partial charge in [0.05, 0.1) is 5.60 Å². The van der Waals surface area contributed by atoms with E-state index in [4.69, 9.17) is 23.2 Å². The van der Waals surface area contributed by atoms with Crippen LogP contribution in [0.4, 0.5) is 10.5 Å². The summed E-state index contributed by atoms with van der Waals surface area (Å²) in [5.41, 5.74) is -0.0670. The minimum Gasteiger partial charge on any atom is -0.390 e. The van der Waals surface area contributed by atoms with Crippen LogP contribution >= 0.6 is 23.2 Å². The second kappa shape index (κ2) is 8.41. The molecular weight excluding hydrogens is 347 g/mol. The molecule has 1 aliphatic rings. The van der Waals surface area contributed by atoms with Crippen molar-refractivity contribution in [3.05, 3.63) is 28.2 Å². The summed E-state index contributed by atoms with van der Waals surface area (Å²) in [7, 11) is 0. The molecule has 6 heteroatoms. The van der Waals surface area contributed by atoms with Gasteiger partial charge in [-0.15, -0.1) is 0 Å². The van der Waals surface area contributed by atoms with Crippen molar-refractivity contribution in [2.75, 3.05) is 18.4 Å². The van der Waals surface area contributed by atoms with Crippen molar-refractivity contribution in [3.63, 3.8) is 0 Å². The Morgan fingerprint density at radius 3 is 2.25 bits per heavy atom. The van der Waals surface area contributed by atoms with Crippen LogP contribution in [0.2, 0.25) is 10.0 Å². The van der Waals surface area contributed by atoms with E-state index >= 15 is 0 Å². The highest BCUT2D eigenvalue weighted by Crippen LogP contribution is 2.32. The molecule has 0 atom stereocenters. The number of piperidine rings is 1. The van der Waals surface area contributed by atoms with Crippen molar-refractivity contribution in [2.45, 2.75) is 51.6 Å². The highest BCUT2D eigenvalue weighted by Gasteiger charge is 2.35. The second-order valence-electron chi connectivity index (χ2n) is 6.69. The molecule has 134 valence electrons. The van der Waals surface area contributed by atoms with Crippen LogP contribution in [0.15, 0.2) is 18.2 Å². The molecule has 24 heavy (non-hydrogen) atoms. The number of urea groups is 1. The Balaban J connectivity index is 1.90. The molecule has 2 N–H and O–H groups in total. The van der Waals surface area contributed by atoms with E-state index in [0.29, 0.717) is 47.6 Å². The summed E-state index contributed by atoms with van der Waals surface area (Å²) in [5.74, 6) is 0.545. The van der Waals surface area contributed by atoms with Gasteiger partial charge in [-0.25, -0.2) is 4.79 Å². The van der Waals surface area contributed by atoms with E-state index in [-0.39, 0.29) is 6.03 Å². The van der Waals surface area contributed by atoms with Gasteiger partial charge in [-0.1, -0.05) is 49.9 Å². The quantitative estimate of drug-likeness (QED) is 0.747. The number of anilines is 1. The first-order valence-electron chi connectivity index (χ1n) is 8.59. The van der Waals surface area contributed by atoms with Gasteiger partial charge in [0.2, 0.25) is 0 Å². The lowest BCUT2D eigenvalue weighted by molar-refractivity contribution is -0.0309. The van der Waals surface area contributed by atoms with Crippen LogP contribution in [0.3, 0.4) is 0 Å². The van der Waals surface area contributed by atoms with Crippen LogP contribution in [0.1, 0.15) is 46.0 Å². The van der Waals surface area contributed by atoms with Gasteiger partial charge in [-0.3, -0.25) is 0 Å². The summed E-state index contributed by atoms with van der Waals surface area (Å²) in [6.07, 6.45) is 4.22. The summed E-state index contributed by atoms with van der Waals surface area (Å²) >= 11 is 11.9. The van der Waals surface area contributed by atoms with E-state index in [1.165, 1.54) is 0 Å². The van der Waals surface area contributed by atoms with Crippen molar-refractivity contribution in [1.29, 1.82) is 0 Å². The lowest BCUT2D eigenvalue weighted by Crippen LogP contribution is -2.48. The van der Waals surface area contributed by atoms with E-state index in [1.807, 2.05) is 0 Å². The molecule has 4 nitrogen and oxygen atoms in total. The Labute approximate surface area is 154 Å². The van der Waals surface area contributed by atoms with Gasteiger partial charge in [0.1, 0.15) is 0 Å². The van der Waals surface area contributed by atoms with E-state index < -0.39 is 5.60 Å². The number of carbonyl (C=O) groups is 1. The molecule has 1 aliphatic heterocycles. The SMILES string of the molecule is CCC(CC)CC1(O)CCN(C(=O)Nc2cc(Cl)cc(Cl)c2)CC1. The minimum atomic E-state index is -0.646. The number of rotatable bonds is 5. The zero-order valence-corrected chi connectivity index (χ0v) is 15.8. The highest BCUT2D eigenvalue weighted by molar-refractivity contribution is 6.35. The minimum absolute atomic E-state index is 0.182. The molecule has 1 aromatic rings. The average molecular weight is 373 g/mol. The summed E-state index contributed by atoms with van der Waals surface area (Å²) in [5, 5.41) is 14.6. The van der Waals surface area contributed by atoms with Gasteiger partial charge in [-0.2, -0.15) is 0 Å². The number of nitrogens with zero attached hydrogens (tertiary/aromatic N) is 1. The smallest absolute Gasteiger partial charge is 0.321 e. The highest BCUT2D eigenvalue weighted by atomic mass is 35.5. The Morgan fingerprint density at radius 2 is 1.75 bits per heavy atom. The predicted octanol–water partition coefficient (Wildman–Crippen LogP) is 5.18. The van der Waals surface area contributed by atoms with E-state index in [0.717, 1.165) is 19.3 Å². The number of aliphatic hydroxyl groups is 1. The monoisotopic (exact) mass is 372 g/mol. The van der Waals surface area contributed by atoms with Gasteiger partial charge in [0.15, 0.2) is 0 Å². The molecule has 0 spiro atoms. The summed E-state index contributed by atoms with van der Waals surface area (Å²) in [4.78, 5) is 14.1. The fraction of sp³-hybridized carbons (Fsp3) is 0.611. The van der Waals surface area contributed by atoms with Gasteiger partial charge < -0.3 is 15.3 Å². The molecule has 0 radical (unpaired) electrons. The molecule has 1 fully saturated rings. The summed E-state index contributed by atoms with van der Waals surface area (Å²) < 4.78 is 0. The molecule has 0 aliphatic carbocycles. The number of carbonyl (C=O) groups excluding carboxylic acids is 1. The number of hydrogen-bond donors (Lipinski definition) is 2. The van der Waals surface area contributed by atoms with E-state index in [9.17, 15) is 9.90 Å². The summed E-state index contributed by atoms with van der Waals surface area (Å²) in [6, 6.07) is 4.77. The maximum atomic E-state index is 12.4. The van der Waals surface area contributed by atoms with Crippen LogP contribution in [-0.4, -0.2) is 34.7 Å². The molecule has 2 amide bonds. The number of halogens is 2. The molecule has 0 unspecified atom stereocenters. The number of likely N-dealkylation sites (tertiary alicyclic amines) is 1. The zero-order valence-electron chi connectivity index (χ0n) is 14.3. The molecule has 1 saturated heterocycles. The van der Waals surface area contributed by atoms with Crippen LogP contribution in [0, 0.1) is 5.92 Å². The lowest BCUT2D eigenvalue weighted by atomic mass is 9.81. The normalized spacial score (nSPS) is 17.2. The standard InChI is InChI=1S/C18H26Cl2N2O2/c1-3-13(4-2)12-18(24)5-7-22(8-6-18)17(23)21-16-10-14(19)9-15(20)11-16/h9-11,13,24H,3-8,12H2,1-2H3,(H,21,23). The number of amides is 2. The Bertz CT molecular complexity index is 548. The molecular formula is C18H26Cl2N2O2. The first-order valence-corrected chi connectivity index (χ1v) is 9.35. The van der Waals surface area contributed by atoms with Crippen molar-refractivity contribution >= 4 is 34.9 Å². The Morgan fingerprint density at radius 1 is 1.21 bits per heavy atom. The zero-order chi connectivity index (χ0) is 17.7. The van der Waals surface area contributed by atoms with Crippen molar-refractivity contribution in [2.24, 2.45) is 5.92 Å². The van der Waals surface area contributed by atoms with Gasteiger partial charge in [0.25, 0.3) is 0 Å². The molecule has 2 rings (SSSR count). The molecule has 0 saturated carbocycles. The Kier molecular flexibility index (Phi) is 6.79. The molecule has 0 aromatic heterocycles.